The summed E-state index contributed by atoms with van der Waals surface area (Å²) < 4.78 is 12.1. The van der Waals surface area contributed by atoms with Crippen molar-refractivity contribution in [1.29, 1.82) is 0 Å². The van der Waals surface area contributed by atoms with Crippen LogP contribution in [0.15, 0.2) is 60.7 Å². The Morgan fingerprint density at radius 1 is 0.462 bits per heavy atom. The number of carbonyl (C=O) groups excluding carboxylic acids is 12. The number of aliphatic hydroxyl groups is 1. The van der Waals surface area contributed by atoms with E-state index in [1.54, 1.807) is 100 Å². The molecule has 106 heavy (non-hydrogen) atoms. The Hall–Kier alpha value is -8.04. The van der Waals surface area contributed by atoms with Crippen LogP contribution >= 0.6 is 0 Å². The Morgan fingerprint density at radius 2 is 0.858 bits per heavy atom. The fourth-order valence-corrected chi connectivity index (χ4v) is 13.2. The highest BCUT2D eigenvalue weighted by Gasteiger charge is 2.44. The summed E-state index contributed by atoms with van der Waals surface area (Å²) in [5.74, 6) is -9.63. The zero-order valence-corrected chi connectivity index (χ0v) is 67.3. The molecule has 0 aliphatic carbocycles. The van der Waals surface area contributed by atoms with Crippen LogP contribution in [0.25, 0.3) is 0 Å². The van der Waals surface area contributed by atoms with Gasteiger partial charge in [0.1, 0.15) is 60.4 Å². The summed E-state index contributed by atoms with van der Waals surface area (Å²) in [4.78, 5) is 192. The maximum Gasteiger partial charge on any atom is 0.247 e. The number of benzene rings is 2. The quantitative estimate of drug-likeness (QED) is 0.120. The van der Waals surface area contributed by atoms with Crippen LogP contribution in [-0.4, -0.2) is 276 Å². The first-order valence-corrected chi connectivity index (χ1v) is 37.9. The van der Waals surface area contributed by atoms with Gasteiger partial charge in [-0.1, -0.05) is 130 Å². The second kappa shape index (κ2) is 42.5. The van der Waals surface area contributed by atoms with Crippen molar-refractivity contribution < 1.29 is 72.1 Å². The normalized spacial score (nSPS) is 24.7. The van der Waals surface area contributed by atoms with Crippen LogP contribution in [0.1, 0.15) is 166 Å². The summed E-state index contributed by atoms with van der Waals surface area (Å²) in [6, 6.07) is 4.41. The number of hydrogen-bond acceptors (Lipinski definition) is 15. The summed E-state index contributed by atoms with van der Waals surface area (Å²) in [5, 5.41) is 21.9. The van der Waals surface area contributed by atoms with Gasteiger partial charge in [-0.3, -0.25) is 57.5 Å². The van der Waals surface area contributed by atoms with Gasteiger partial charge in [-0.15, -0.1) is 0 Å². The van der Waals surface area contributed by atoms with Gasteiger partial charge in [0.25, 0.3) is 0 Å². The molecule has 0 bridgehead atoms. The van der Waals surface area contributed by atoms with E-state index in [1.165, 1.54) is 90.6 Å². The molecule has 0 spiro atoms. The van der Waals surface area contributed by atoms with E-state index in [-0.39, 0.29) is 81.8 Å². The summed E-state index contributed by atoms with van der Waals surface area (Å²) >= 11 is 0. The predicted octanol–water partition coefficient (Wildman–Crippen LogP) is 4.69. The van der Waals surface area contributed by atoms with Gasteiger partial charge in [0.15, 0.2) is 0 Å². The molecule has 0 saturated carbocycles. The van der Waals surface area contributed by atoms with E-state index in [4.69, 9.17) is 9.47 Å². The summed E-state index contributed by atoms with van der Waals surface area (Å²) in [6.07, 6.45) is 0.654. The minimum atomic E-state index is -1.55. The highest BCUT2D eigenvalue weighted by atomic mass is 16.5. The molecule has 27 nitrogen and oxygen atoms in total. The SMILES string of the molecule is CC(C)C[C@H]1C(=O)N[C@@H](C(C)C)C(=O)N(C)[C@@H](Cc2ccccc2)C(=O)N(C)[C@@H](Cc2ccccc2)C(=O)N[C@@H](COC(C)(C)C)C(=O)N(C)[C@@H](CC(C)C)C(=O)N[C@@H](COC[C@@H](C)O)C(=O)N(C)[C@@H](CC(C)C)C(=O)N(C)[C@@H](CC(C)C)C(=O)N[C@H](C(=O)N2CCCCC2)CC(=O)N(C)CCC(=O)N1C. The summed E-state index contributed by atoms with van der Waals surface area (Å²) in [7, 11) is 10.0. The molecule has 0 radical (unpaired) electrons. The van der Waals surface area contributed by atoms with Crippen LogP contribution in [0.2, 0.25) is 0 Å². The highest BCUT2D eigenvalue weighted by Crippen LogP contribution is 2.25. The fourth-order valence-electron chi connectivity index (χ4n) is 13.2. The van der Waals surface area contributed by atoms with Gasteiger partial charge >= 0.3 is 0 Å². The van der Waals surface area contributed by atoms with Gasteiger partial charge in [0.05, 0.1) is 37.9 Å². The molecule has 2 fully saturated rings. The zero-order chi connectivity index (χ0) is 79.8. The van der Waals surface area contributed by atoms with E-state index >= 15 is 38.4 Å². The Bertz CT molecular complexity index is 3230. The molecule has 12 amide bonds. The number of amides is 12. The van der Waals surface area contributed by atoms with Crippen molar-refractivity contribution in [1.82, 2.24) is 60.5 Å². The van der Waals surface area contributed by atoms with E-state index in [9.17, 15) is 24.3 Å². The van der Waals surface area contributed by atoms with Gasteiger partial charge in [-0.05, 0) is 113 Å². The second-order valence-electron chi connectivity index (χ2n) is 32.1. The first-order chi connectivity index (χ1) is 49.6. The lowest BCUT2D eigenvalue weighted by molar-refractivity contribution is -0.152. The topological polar surface area (TPSA) is 318 Å². The molecular formula is C79H128N12O15. The first kappa shape index (κ1) is 90.4. The number of nitrogens with one attached hydrogen (secondary N) is 4. The van der Waals surface area contributed by atoms with Crippen LogP contribution in [-0.2, 0) is 79.8 Å². The average Bonchev–Trinajstić information content (AvgIpc) is 0.813. The molecule has 0 unspecified atom stereocenters. The predicted molar refractivity (Wildman–Crippen MR) is 406 cm³/mol. The van der Waals surface area contributed by atoms with Gasteiger partial charge in [0, 0.05) is 88.2 Å². The highest BCUT2D eigenvalue weighted by molar-refractivity contribution is 6.00. The van der Waals surface area contributed by atoms with Crippen LogP contribution in [0.5, 0.6) is 0 Å². The maximum atomic E-state index is 15.7. The molecule has 4 rings (SSSR count). The smallest absolute Gasteiger partial charge is 0.247 e. The zero-order valence-electron chi connectivity index (χ0n) is 67.3. The molecule has 0 aromatic heterocycles. The molecule has 594 valence electrons. The van der Waals surface area contributed by atoms with E-state index in [0.717, 1.165) is 6.42 Å². The molecular weight excluding hydrogens is 1360 g/mol. The maximum absolute atomic E-state index is 15.7. The average molecular weight is 1490 g/mol. The number of likely N-dealkylation sites (N-methyl/N-ethyl adjacent to an activating group) is 6. The number of aliphatic hydroxyl groups excluding tert-OH is 1. The van der Waals surface area contributed by atoms with Crippen LogP contribution in [0.4, 0.5) is 0 Å². The summed E-state index contributed by atoms with van der Waals surface area (Å²) in [6.45, 7) is 24.5. The number of hydrogen-bond donors (Lipinski definition) is 5. The van der Waals surface area contributed by atoms with Crippen LogP contribution < -0.4 is 21.3 Å². The van der Waals surface area contributed by atoms with E-state index in [0.29, 0.717) is 37.1 Å². The Labute approximate surface area is 630 Å². The van der Waals surface area contributed by atoms with Crippen LogP contribution in [0, 0.1) is 29.6 Å². The number of carbonyl (C=O) groups is 12. The van der Waals surface area contributed by atoms with Gasteiger partial charge in [0.2, 0.25) is 70.9 Å². The lowest BCUT2D eigenvalue weighted by atomic mass is 9.96. The van der Waals surface area contributed by atoms with E-state index < -0.39 is 169 Å². The van der Waals surface area contributed by atoms with Crippen molar-refractivity contribution in [2.24, 2.45) is 29.6 Å². The van der Waals surface area contributed by atoms with Crippen molar-refractivity contribution in [3.05, 3.63) is 71.8 Å². The van der Waals surface area contributed by atoms with Crippen molar-refractivity contribution in [3.8, 4) is 0 Å². The molecule has 2 aliphatic heterocycles. The molecule has 2 heterocycles. The molecule has 2 aliphatic rings. The third-order valence-electron chi connectivity index (χ3n) is 19.6. The van der Waals surface area contributed by atoms with Crippen molar-refractivity contribution in [2.45, 2.75) is 240 Å². The number of likely N-dealkylation sites (tertiary alicyclic amines) is 1. The molecule has 27 heteroatoms. The summed E-state index contributed by atoms with van der Waals surface area (Å²) in [5.41, 5.74) is 0.406. The first-order valence-electron chi connectivity index (χ1n) is 37.9. The van der Waals surface area contributed by atoms with Crippen molar-refractivity contribution in [2.75, 3.05) is 88.8 Å². The standard InChI is InChI=1S/C79H128N12O15/c1-49(2)39-60-72(98)83-68(53(9)10)78(104)90(21)65(44-56-33-27-23-28-34-56)77(103)88(19)63(43-55-31-25-22-26-32-55)71(97)82-59(48-106-79(12,13)14)74(100)86(17)61(40-50(3)4)70(96)81-58(47-105-46-54(11)92)73(99)89(20)64(42-52(7)8)76(102)87(18)62(41-51(5)6)69(95)80-57(75(101)91-36-29-24-30-37-91)45-67(94)84(15)38-35-66(93)85(60)16/h22-23,25-28,31-34,49-54,57-65,68,92H,24,29-30,35-48H2,1-21H3,(H,80,95)(H,81,96)(H,82,97)(H,83,98)/t54-,57+,58+,59+,60+,61+,62+,63+,64+,65+,68+/m1/s1. The van der Waals surface area contributed by atoms with Gasteiger partial charge < -0.3 is 75.0 Å². The molecule has 2 aromatic rings. The Kier molecular flexibility index (Phi) is 36.2. The van der Waals surface area contributed by atoms with Crippen LogP contribution in [0.3, 0.4) is 0 Å². The lowest BCUT2D eigenvalue weighted by Crippen LogP contribution is -2.63. The van der Waals surface area contributed by atoms with Crippen molar-refractivity contribution >= 4 is 70.9 Å². The number of piperidine rings is 1. The minimum Gasteiger partial charge on any atom is -0.391 e. The number of ether oxygens (including phenoxy) is 2. The van der Waals surface area contributed by atoms with Gasteiger partial charge in [-0.25, -0.2) is 0 Å². The third kappa shape index (κ3) is 27.6. The molecule has 11 atom stereocenters. The largest absolute Gasteiger partial charge is 0.391 e. The Morgan fingerprint density at radius 3 is 1.33 bits per heavy atom. The Balaban J connectivity index is 2.02. The monoisotopic (exact) mass is 1480 g/mol. The third-order valence-corrected chi connectivity index (χ3v) is 19.6. The van der Waals surface area contributed by atoms with E-state index in [1.807, 2.05) is 55.4 Å². The second-order valence-corrected chi connectivity index (χ2v) is 32.1. The fraction of sp³-hybridized carbons (Fsp3) is 0.696. The molecule has 5 N–H and O–H groups in total. The van der Waals surface area contributed by atoms with Crippen molar-refractivity contribution in [3.63, 3.8) is 0 Å². The minimum absolute atomic E-state index is 0.0214. The van der Waals surface area contributed by atoms with E-state index in [2.05, 4.69) is 21.3 Å². The van der Waals surface area contributed by atoms with Gasteiger partial charge in [-0.2, -0.15) is 0 Å². The molecule has 2 aromatic carbocycles. The number of nitrogens with zero attached hydrogens (tertiary/aromatic N) is 8. The molecule has 2 saturated heterocycles. The number of rotatable bonds is 20. The lowest BCUT2D eigenvalue weighted by Gasteiger charge is -2.38.